The summed E-state index contributed by atoms with van der Waals surface area (Å²) in [7, 11) is 0. The number of amides is 1. The number of rotatable bonds is 5. The van der Waals surface area contributed by atoms with Gasteiger partial charge in [-0.25, -0.2) is 0 Å². The van der Waals surface area contributed by atoms with Gasteiger partial charge >= 0.3 is 0 Å². The van der Waals surface area contributed by atoms with Gasteiger partial charge in [0.05, 0.1) is 6.54 Å². The molecule has 3 rings (SSSR count). The summed E-state index contributed by atoms with van der Waals surface area (Å²) in [5.41, 5.74) is 3.20. The third-order valence-corrected chi connectivity index (χ3v) is 4.57. The Bertz CT molecular complexity index is 707. The summed E-state index contributed by atoms with van der Waals surface area (Å²) in [5, 5.41) is 12.4. The fraction of sp³-hybridized carbons (Fsp3) is 0.350. The van der Waals surface area contributed by atoms with Gasteiger partial charge in [0.1, 0.15) is 5.75 Å². The molecule has 1 aliphatic rings. The highest BCUT2D eigenvalue weighted by atomic mass is 16.3. The number of benzene rings is 2. The van der Waals surface area contributed by atoms with Crippen LogP contribution in [0.5, 0.6) is 5.75 Å². The standard InChI is InChI=1S/C20H25N3O2/c1-2-16-4-3-5-17(14-16)21-20(25)15-22-10-12-23(13-11-22)18-6-8-19(24)9-7-18/h3-9,14,24H,2,10-13,15H2,1H3,(H,21,25). The number of aryl methyl sites for hydroxylation is 1. The van der Waals surface area contributed by atoms with Crippen molar-refractivity contribution in [2.75, 3.05) is 42.9 Å². The van der Waals surface area contributed by atoms with Gasteiger partial charge in [-0.05, 0) is 48.4 Å². The first kappa shape index (κ1) is 17.3. The van der Waals surface area contributed by atoms with Crippen LogP contribution in [0.15, 0.2) is 48.5 Å². The first-order valence-corrected chi connectivity index (χ1v) is 8.79. The zero-order valence-electron chi connectivity index (χ0n) is 14.6. The molecule has 0 saturated carbocycles. The van der Waals surface area contributed by atoms with Crippen molar-refractivity contribution in [3.8, 4) is 5.75 Å². The van der Waals surface area contributed by atoms with Gasteiger partial charge < -0.3 is 15.3 Å². The normalized spacial score (nSPS) is 15.2. The van der Waals surface area contributed by atoms with Crippen LogP contribution in [0.1, 0.15) is 12.5 Å². The molecule has 1 fully saturated rings. The monoisotopic (exact) mass is 339 g/mol. The molecule has 5 nitrogen and oxygen atoms in total. The summed E-state index contributed by atoms with van der Waals surface area (Å²) in [6.45, 7) is 5.98. The summed E-state index contributed by atoms with van der Waals surface area (Å²) in [4.78, 5) is 16.7. The first-order chi connectivity index (χ1) is 12.1. The molecule has 1 aliphatic heterocycles. The number of anilines is 2. The molecule has 0 aliphatic carbocycles. The number of hydrogen-bond acceptors (Lipinski definition) is 4. The van der Waals surface area contributed by atoms with E-state index in [0.717, 1.165) is 44.0 Å². The lowest BCUT2D eigenvalue weighted by molar-refractivity contribution is -0.117. The predicted molar refractivity (Wildman–Crippen MR) is 101 cm³/mol. The molecule has 1 amide bonds. The van der Waals surface area contributed by atoms with Crippen LogP contribution in [0, 0.1) is 0 Å². The second kappa shape index (κ2) is 8.03. The number of piperazine rings is 1. The van der Waals surface area contributed by atoms with Crippen LogP contribution < -0.4 is 10.2 Å². The van der Waals surface area contributed by atoms with Gasteiger partial charge in [0.15, 0.2) is 0 Å². The van der Waals surface area contributed by atoms with Crippen molar-refractivity contribution >= 4 is 17.3 Å². The highest BCUT2D eigenvalue weighted by Gasteiger charge is 2.19. The molecule has 0 radical (unpaired) electrons. The minimum absolute atomic E-state index is 0.0336. The smallest absolute Gasteiger partial charge is 0.238 e. The van der Waals surface area contributed by atoms with E-state index < -0.39 is 0 Å². The molecule has 2 N–H and O–H groups in total. The Balaban J connectivity index is 1.48. The SMILES string of the molecule is CCc1cccc(NC(=O)CN2CCN(c3ccc(O)cc3)CC2)c1. The number of carbonyl (C=O) groups is 1. The Labute approximate surface area is 148 Å². The highest BCUT2D eigenvalue weighted by Crippen LogP contribution is 2.19. The molecule has 1 heterocycles. The quantitative estimate of drug-likeness (QED) is 0.879. The van der Waals surface area contributed by atoms with Crippen LogP contribution in [0.2, 0.25) is 0 Å². The van der Waals surface area contributed by atoms with Crippen molar-refractivity contribution in [3.05, 3.63) is 54.1 Å². The fourth-order valence-electron chi connectivity index (χ4n) is 3.10. The van der Waals surface area contributed by atoms with Crippen molar-refractivity contribution < 1.29 is 9.90 Å². The molecule has 1 saturated heterocycles. The summed E-state index contributed by atoms with van der Waals surface area (Å²) in [6, 6.07) is 15.3. The molecular weight excluding hydrogens is 314 g/mol. The Kier molecular flexibility index (Phi) is 5.56. The van der Waals surface area contributed by atoms with Crippen molar-refractivity contribution in [3.63, 3.8) is 0 Å². The van der Waals surface area contributed by atoms with E-state index in [1.807, 2.05) is 30.3 Å². The maximum absolute atomic E-state index is 12.3. The van der Waals surface area contributed by atoms with Gasteiger partial charge in [-0.3, -0.25) is 9.69 Å². The average molecular weight is 339 g/mol. The van der Waals surface area contributed by atoms with E-state index in [2.05, 4.69) is 28.1 Å². The van der Waals surface area contributed by atoms with Crippen molar-refractivity contribution in [2.45, 2.75) is 13.3 Å². The Morgan fingerprint density at radius 3 is 2.48 bits per heavy atom. The number of phenolic OH excluding ortho intramolecular Hbond substituents is 1. The number of nitrogens with zero attached hydrogens (tertiary/aromatic N) is 2. The largest absolute Gasteiger partial charge is 0.508 e. The Hall–Kier alpha value is -2.53. The molecule has 132 valence electrons. The van der Waals surface area contributed by atoms with E-state index >= 15 is 0 Å². The lowest BCUT2D eigenvalue weighted by atomic mass is 10.1. The van der Waals surface area contributed by atoms with E-state index in [4.69, 9.17) is 0 Å². The summed E-state index contributed by atoms with van der Waals surface area (Å²) < 4.78 is 0. The molecular formula is C20H25N3O2. The Morgan fingerprint density at radius 1 is 1.08 bits per heavy atom. The Morgan fingerprint density at radius 2 is 1.80 bits per heavy atom. The number of carbonyl (C=O) groups excluding carboxylic acids is 1. The van der Waals surface area contributed by atoms with Gasteiger partial charge in [0, 0.05) is 37.6 Å². The van der Waals surface area contributed by atoms with Gasteiger partial charge in [0.2, 0.25) is 5.91 Å². The van der Waals surface area contributed by atoms with E-state index in [9.17, 15) is 9.90 Å². The van der Waals surface area contributed by atoms with Crippen LogP contribution in [0.25, 0.3) is 0 Å². The van der Waals surface area contributed by atoms with Crippen LogP contribution in [-0.2, 0) is 11.2 Å². The van der Waals surface area contributed by atoms with Crippen LogP contribution in [0.3, 0.4) is 0 Å². The minimum atomic E-state index is 0.0336. The minimum Gasteiger partial charge on any atom is -0.508 e. The van der Waals surface area contributed by atoms with Crippen LogP contribution in [0.4, 0.5) is 11.4 Å². The molecule has 25 heavy (non-hydrogen) atoms. The lowest BCUT2D eigenvalue weighted by Gasteiger charge is -2.35. The number of nitrogens with one attached hydrogen (secondary N) is 1. The molecule has 0 atom stereocenters. The van der Waals surface area contributed by atoms with Gasteiger partial charge in [-0.15, -0.1) is 0 Å². The third-order valence-electron chi connectivity index (χ3n) is 4.57. The van der Waals surface area contributed by atoms with Gasteiger partial charge in [-0.1, -0.05) is 19.1 Å². The lowest BCUT2D eigenvalue weighted by Crippen LogP contribution is -2.48. The first-order valence-electron chi connectivity index (χ1n) is 8.79. The van der Waals surface area contributed by atoms with E-state index in [-0.39, 0.29) is 11.7 Å². The predicted octanol–water partition coefficient (Wildman–Crippen LogP) is 2.72. The zero-order chi connectivity index (χ0) is 17.6. The molecule has 2 aromatic carbocycles. The zero-order valence-corrected chi connectivity index (χ0v) is 14.6. The maximum Gasteiger partial charge on any atom is 0.238 e. The van der Waals surface area contributed by atoms with Crippen molar-refractivity contribution in [1.82, 2.24) is 4.90 Å². The van der Waals surface area contributed by atoms with Gasteiger partial charge in [0.25, 0.3) is 0 Å². The topological polar surface area (TPSA) is 55.8 Å². The molecule has 0 aromatic heterocycles. The number of hydrogen-bond donors (Lipinski definition) is 2. The molecule has 0 spiro atoms. The summed E-state index contributed by atoms with van der Waals surface area (Å²) in [5.74, 6) is 0.317. The molecule has 0 bridgehead atoms. The highest BCUT2D eigenvalue weighted by molar-refractivity contribution is 5.92. The van der Waals surface area contributed by atoms with E-state index in [0.29, 0.717) is 6.54 Å². The van der Waals surface area contributed by atoms with E-state index in [1.165, 1.54) is 5.56 Å². The average Bonchev–Trinajstić information content (AvgIpc) is 2.63. The van der Waals surface area contributed by atoms with E-state index in [1.54, 1.807) is 12.1 Å². The molecule has 5 heteroatoms. The summed E-state index contributed by atoms with van der Waals surface area (Å²) >= 11 is 0. The van der Waals surface area contributed by atoms with Crippen LogP contribution >= 0.6 is 0 Å². The third kappa shape index (κ3) is 4.73. The second-order valence-corrected chi connectivity index (χ2v) is 6.38. The van der Waals surface area contributed by atoms with Crippen LogP contribution in [-0.4, -0.2) is 48.6 Å². The van der Waals surface area contributed by atoms with Gasteiger partial charge in [-0.2, -0.15) is 0 Å². The molecule has 0 unspecified atom stereocenters. The fourth-order valence-corrected chi connectivity index (χ4v) is 3.10. The maximum atomic E-state index is 12.3. The summed E-state index contributed by atoms with van der Waals surface area (Å²) in [6.07, 6.45) is 0.961. The number of aromatic hydroxyl groups is 1. The molecule has 2 aromatic rings. The van der Waals surface area contributed by atoms with Crippen molar-refractivity contribution in [1.29, 1.82) is 0 Å². The van der Waals surface area contributed by atoms with Crippen molar-refractivity contribution in [2.24, 2.45) is 0 Å². The second-order valence-electron chi connectivity index (χ2n) is 6.38. The number of phenols is 1.